The lowest BCUT2D eigenvalue weighted by Gasteiger charge is -2.03. The minimum absolute atomic E-state index is 0.292. The van der Waals surface area contributed by atoms with Crippen LogP contribution in [0.15, 0.2) is 48.5 Å². The number of rotatable bonds is 6. The summed E-state index contributed by atoms with van der Waals surface area (Å²) in [4.78, 5) is 0.714. The molecule has 0 aliphatic carbocycles. The Morgan fingerprint density at radius 3 is 2.46 bits per heavy atom. The molecular formula is C18H15FN4O2S. The van der Waals surface area contributed by atoms with Gasteiger partial charge in [-0.15, -0.1) is 10.2 Å². The Morgan fingerprint density at radius 1 is 1.00 bits per heavy atom. The second kappa shape index (κ2) is 7.09. The molecule has 8 heteroatoms. The number of ether oxygens (including phenoxy) is 2. The third kappa shape index (κ3) is 3.50. The molecule has 26 heavy (non-hydrogen) atoms. The van der Waals surface area contributed by atoms with Crippen LogP contribution in [0.5, 0.6) is 11.5 Å². The van der Waals surface area contributed by atoms with Crippen LogP contribution in [0.1, 0.15) is 16.4 Å². The van der Waals surface area contributed by atoms with Gasteiger partial charge in [0.2, 0.25) is 4.96 Å². The first kappa shape index (κ1) is 16.5. The molecule has 0 N–H and O–H groups in total. The molecule has 0 aliphatic rings. The van der Waals surface area contributed by atoms with Gasteiger partial charge in [-0.05, 0) is 42.0 Å². The predicted molar refractivity (Wildman–Crippen MR) is 95.2 cm³/mol. The molecule has 0 saturated heterocycles. The molecule has 6 nitrogen and oxygen atoms in total. The highest BCUT2D eigenvalue weighted by Crippen LogP contribution is 2.19. The monoisotopic (exact) mass is 370 g/mol. The van der Waals surface area contributed by atoms with E-state index in [-0.39, 0.29) is 5.82 Å². The first-order valence-corrected chi connectivity index (χ1v) is 8.74. The average molecular weight is 370 g/mol. The van der Waals surface area contributed by atoms with E-state index in [2.05, 4.69) is 15.3 Å². The fraction of sp³-hybridized carbons (Fsp3) is 0.167. The Kier molecular flexibility index (Phi) is 4.49. The van der Waals surface area contributed by atoms with Gasteiger partial charge in [-0.25, -0.2) is 4.39 Å². The fourth-order valence-electron chi connectivity index (χ4n) is 2.47. The largest absolute Gasteiger partial charge is 0.497 e. The van der Waals surface area contributed by atoms with Gasteiger partial charge in [0.05, 0.1) is 7.11 Å². The van der Waals surface area contributed by atoms with Gasteiger partial charge in [-0.1, -0.05) is 23.5 Å². The van der Waals surface area contributed by atoms with Crippen LogP contribution in [-0.2, 0) is 13.0 Å². The molecule has 0 amide bonds. The second-order valence-electron chi connectivity index (χ2n) is 5.57. The normalized spacial score (nSPS) is 11.0. The van der Waals surface area contributed by atoms with Gasteiger partial charge in [0, 0.05) is 6.42 Å². The fourth-order valence-corrected chi connectivity index (χ4v) is 3.23. The van der Waals surface area contributed by atoms with Crippen molar-refractivity contribution in [3.05, 3.63) is 70.7 Å². The van der Waals surface area contributed by atoms with E-state index >= 15 is 0 Å². The quantitative estimate of drug-likeness (QED) is 0.520. The van der Waals surface area contributed by atoms with Crippen LogP contribution in [0, 0.1) is 5.82 Å². The molecule has 0 aliphatic heterocycles. The Bertz CT molecular complexity index is 1010. The number of nitrogens with zero attached hydrogens (tertiary/aromatic N) is 4. The lowest BCUT2D eigenvalue weighted by atomic mass is 10.1. The van der Waals surface area contributed by atoms with Crippen LogP contribution < -0.4 is 9.47 Å². The molecule has 4 rings (SSSR count). The Morgan fingerprint density at radius 2 is 1.73 bits per heavy atom. The maximum atomic E-state index is 12.9. The molecule has 0 atom stereocenters. The summed E-state index contributed by atoms with van der Waals surface area (Å²) < 4.78 is 25.5. The minimum Gasteiger partial charge on any atom is -0.497 e. The number of halogens is 1. The molecule has 132 valence electrons. The number of hydrogen-bond acceptors (Lipinski definition) is 6. The topological polar surface area (TPSA) is 61.5 Å². The number of fused-ring (bicyclic) bond motifs is 1. The lowest BCUT2D eigenvalue weighted by Crippen LogP contribution is -2.00. The van der Waals surface area contributed by atoms with E-state index in [1.54, 1.807) is 23.8 Å². The van der Waals surface area contributed by atoms with E-state index in [0.29, 0.717) is 23.7 Å². The van der Waals surface area contributed by atoms with E-state index in [4.69, 9.17) is 9.47 Å². The van der Waals surface area contributed by atoms with Crippen LogP contribution in [0.4, 0.5) is 4.39 Å². The number of methoxy groups -OCH3 is 1. The van der Waals surface area contributed by atoms with Crippen molar-refractivity contribution in [2.45, 2.75) is 13.0 Å². The van der Waals surface area contributed by atoms with Gasteiger partial charge in [0.25, 0.3) is 0 Å². The van der Waals surface area contributed by atoms with Gasteiger partial charge < -0.3 is 9.47 Å². The van der Waals surface area contributed by atoms with Crippen LogP contribution in [0.2, 0.25) is 0 Å². The molecular weight excluding hydrogens is 355 g/mol. The molecule has 2 heterocycles. The van der Waals surface area contributed by atoms with E-state index in [1.165, 1.54) is 23.5 Å². The van der Waals surface area contributed by atoms with E-state index in [9.17, 15) is 4.39 Å². The first-order chi connectivity index (χ1) is 12.7. The minimum atomic E-state index is -0.292. The van der Waals surface area contributed by atoms with Crippen molar-refractivity contribution in [2.24, 2.45) is 0 Å². The molecule has 0 spiro atoms. The molecule has 2 aromatic carbocycles. The smallest absolute Gasteiger partial charge is 0.234 e. The molecule has 0 saturated carbocycles. The number of hydrogen-bond donors (Lipinski definition) is 0. The zero-order chi connectivity index (χ0) is 17.9. The van der Waals surface area contributed by atoms with Crippen LogP contribution in [0.25, 0.3) is 4.96 Å². The van der Waals surface area contributed by atoms with Gasteiger partial charge in [0.1, 0.15) is 23.9 Å². The maximum absolute atomic E-state index is 12.9. The average Bonchev–Trinajstić information content (AvgIpc) is 3.23. The number of benzene rings is 2. The molecule has 0 unspecified atom stereocenters. The maximum Gasteiger partial charge on any atom is 0.234 e. The SMILES string of the molecule is COc1ccc(Cc2nnc3sc(COc4ccc(F)cc4)nn23)cc1. The van der Waals surface area contributed by atoms with Gasteiger partial charge >= 0.3 is 0 Å². The summed E-state index contributed by atoms with van der Waals surface area (Å²) in [6.45, 7) is 0.293. The molecule has 0 bridgehead atoms. The zero-order valence-corrected chi connectivity index (χ0v) is 14.7. The van der Waals surface area contributed by atoms with Gasteiger partial charge in [0.15, 0.2) is 10.8 Å². The van der Waals surface area contributed by atoms with Crippen LogP contribution >= 0.6 is 11.3 Å². The van der Waals surface area contributed by atoms with Crippen molar-refractivity contribution in [3.8, 4) is 11.5 Å². The van der Waals surface area contributed by atoms with Crippen molar-refractivity contribution in [1.29, 1.82) is 0 Å². The highest BCUT2D eigenvalue weighted by Gasteiger charge is 2.13. The van der Waals surface area contributed by atoms with Crippen molar-refractivity contribution < 1.29 is 13.9 Å². The summed E-state index contributed by atoms with van der Waals surface area (Å²) in [5.41, 5.74) is 1.09. The van der Waals surface area contributed by atoms with Crippen molar-refractivity contribution in [3.63, 3.8) is 0 Å². The van der Waals surface area contributed by atoms with E-state index in [1.807, 2.05) is 24.3 Å². The second-order valence-corrected chi connectivity index (χ2v) is 6.61. The Hall–Kier alpha value is -3.00. The molecule has 0 radical (unpaired) electrons. The van der Waals surface area contributed by atoms with Crippen LogP contribution in [-0.4, -0.2) is 26.9 Å². The zero-order valence-electron chi connectivity index (χ0n) is 13.9. The number of aromatic nitrogens is 4. The van der Waals surface area contributed by atoms with Gasteiger partial charge in [-0.2, -0.15) is 9.61 Å². The standard InChI is InChI=1S/C18H15FN4O2S/c1-24-14-6-2-12(3-7-14)10-16-20-21-18-23(16)22-17(26-18)11-25-15-8-4-13(19)5-9-15/h2-9H,10-11H2,1H3. The predicted octanol–water partition coefficient (Wildman–Crippen LogP) is 3.50. The third-order valence-corrected chi connectivity index (χ3v) is 4.67. The summed E-state index contributed by atoms with van der Waals surface area (Å²) in [5.74, 6) is 1.87. The molecule has 0 fully saturated rings. The Balaban J connectivity index is 1.48. The Labute approximate surface area is 152 Å². The summed E-state index contributed by atoms with van der Waals surface area (Å²) in [7, 11) is 1.64. The van der Waals surface area contributed by atoms with E-state index in [0.717, 1.165) is 22.1 Å². The van der Waals surface area contributed by atoms with Crippen molar-refractivity contribution in [2.75, 3.05) is 7.11 Å². The van der Waals surface area contributed by atoms with Gasteiger partial charge in [-0.3, -0.25) is 0 Å². The molecule has 4 aromatic rings. The van der Waals surface area contributed by atoms with Crippen LogP contribution in [0.3, 0.4) is 0 Å². The highest BCUT2D eigenvalue weighted by molar-refractivity contribution is 7.16. The highest BCUT2D eigenvalue weighted by atomic mass is 32.1. The summed E-state index contributed by atoms with van der Waals surface area (Å²) in [6, 6.07) is 13.7. The first-order valence-electron chi connectivity index (χ1n) is 7.92. The lowest BCUT2D eigenvalue weighted by molar-refractivity contribution is 0.303. The summed E-state index contributed by atoms with van der Waals surface area (Å²) >= 11 is 1.42. The summed E-state index contributed by atoms with van der Waals surface area (Å²) in [5, 5.41) is 13.7. The van der Waals surface area contributed by atoms with Crippen molar-refractivity contribution >= 4 is 16.3 Å². The third-order valence-electron chi connectivity index (χ3n) is 3.79. The van der Waals surface area contributed by atoms with E-state index < -0.39 is 0 Å². The van der Waals surface area contributed by atoms with Crippen molar-refractivity contribution in [1.82, 2.24) is 19.8 Å². The molecule has 2 aromatic heterocycles. The summed E-state index contributed by atoms with van der Waals surface area (Å²) in [6.07, 6.45) is 0.618.